The van der Waals surface area contributed by atoms with Crippen LogP contribution in [0.5, 0.6) is 5.75 Å². The van der Waals surface area contributed by atoms with Crippen LogP contribution in [0.3, 0.4) is 0 Å². The first-order valence-corrected chi connectivity index (χ1v) is 5.49. The zero-order valence-corrected chi connectivity index (χ0v) is 9.98. The van der Waals surface area contributed by atoms with Crippen LogP contribution in [0.2, 0.25) is 0 Å². The van der Waals surface area contributed by atoms with Crippen molar-refractivity contribution in [1.82, 2.24) is 14.5 Å². The maximum atomic E-state index is 11.7. The van der Waals surface area contributed by atoms with Crippen molar-refractivity contribution < 1.29 is 5.11 Å². The molecule has 18 heavy (non-hydrogen) atoms. The van der Waals surface area contributed by atoms with Gasteiger partial charge in [0.15, 0.2) is 0 Å². The van der Waals surface area contributed by atoms with Crippen molar-refractivity contribution in [3.63, 3.8) is 0 Å². The molecule has 2 rings (SSSR count). The average molecular weight is 251 g/mol. The van der Waals surface area contributed by atoms with E-state index in [4.69, 9.17) is 0 Å². The highest BCUT2D eigenvalue weighted by Crippen LogP contribution is 2.15. The van der Waals surface area contributed by atoms with E-state index in [2.05, 4.69) is 9.97 Å². The van der Waals surface area contributed by atoms with Crippen LogP contribution in [-0.4, -0.2) is 19.6 Å². The summed E-state index contributed by atoms with van der Waals surface area (Å²) in [5.41, 5.74) is -1.85. The van der Waals surface area contributed by atoms with Crippen molar-refractivity contribution in [2.45, 2.75) is 20.4 Å². The molecule has 0 amide bonds. The minimum atomic E-state index is -0.719. The third kappa shape index (κ3) is 1.94. The van der Waals surface area contributed by atoms with Crippen LogP contribution in [0.4, 0.5) is 0 Å². The van der Waals surface area contributed by atoms with Gasteiger partial charge in [-0.05, 0) is 5.92 Å². The average Bonchev–Trinajstić information content (AvgIpc) is 2.22. The van der Waals surface area contributed by atoms with Gasteiger partial charge in [-0.2, -0.15) is 0 Å². The Bertz CT molecular complexity index is 766. The maximum absolute atomic E-state index is 11.7. The van der Waals surface area contributed by atoms with E-state index >= 15 is 0 Å². The third-order valence-corrected chi connectivity index (χ3v) is 2.51. The summed E-state index contributed by atoms with van der Waals surface area (Å²) in [7, 11) is 0. The molecule has 7 heteroatoms. The van der Waals surface area contributed by atoms with Crippen LogP contribution < -0.4 is 16.8 Å². The van der Waals surface area contributed by atoms with E-state index < -0.39 is 22.6 Å². The molecule has 96 valence electrons. The van der Waals surface area contributed by atoms with Gasteiger partial charge in [-0.1, -0.05) is 13.8 Å². The van der Waals surface area contributed by atoms with Crippen LogP contribution in [0.1, 0.15) is 13.8 Å². The normalized spacial score (nSPS) is 11.3. The summed E-state index contributed by atoms with van der Waals surface area (Å²) in [5, 5.41) is 9.54. The Morgan fingerprint density at radius 1 is 1.28 bits per heavy atom. The molecule has 0 radical (unpaired) electrons. The molecule has 0 unspecified atom stereocenters. The van der Waals surface area contributed by atoms with E-state index in [1.807, 2.05) is 13.8 Å². The van der Waals surface area contributed by atoms with E-state index in [-0.39, 0.29) is 17.0 Å². The SMILES string of the molecule is CC(C)Cn1c(=O)[nH]c(=O)c2c(O)cc(=O)[nH]c21. The fourth-order valence-electron chi connectivity index (χ4n) is 1.83. The second kappa shape index (κ2) is 4.17. The van der Waals surface area contributed by atoms with Crippen LogP contribution >= 0.6 is 0 Å². The Hall–Kier alpha value is -2.31. The second-order valence-electron chi connectivity index (χ2n) is 4.51. The Morgan fingerprint density at radius 2 is 1.94 bits per heavy atom. The Labute approximate surface area is 101 Å². The number of nitrogens with one attached hydrogen (secondary N) is 2. The summed E-state index contributed by atoms with van der Waals surface area (Å²) < 4.78 is 1.24. The van der Waals surface area contributed by atoms with Crippen molar-refractivity contribution in [3.05, 3.63) is 37.3 Å². The Morgan fingerprint density at radius 3 is 2.56 bits per heavy atom. The monoisotopic (exact) mass is 251 g/mol. The van der Waals surface area contributed by atoms with Crippen LogP contribution in [0.15, 0.2) is 20.4 Å². The lowest BCUT2D eigenvalue weighted by Gasteiger charge is -2.11. The minimum absolute atomic E-state index is 0.0439. The van der Waals surface area contributed by atoms with E-state index in [9.17, 15) is 19.5 Å². The molecule has 0 aliphatic rings. The van der Waals surface area contributed by atoms with Gasteiger partial charge in [0.05, 0.1) is 0 Å². The standard InChI is InChI=1S/C11H13N3O4/c1-5(2)4-14-9-8(10(17)13-11(14)18)6(15)3-7(16)12-9/h3,5H,4H2,1-2H3,(H2,12,15,16)(H,13,17,18). The number of nitrogens with zero attached hydrogens (tertiary/aromatic N) is 1. The zero-order chi connectivity index (χ0) is 13.4. The maximum Gasteiger partial charge on any atom is 0.329 e. The van der Waals surface area contributed by atoms with E-state index in [0.29, 0.717) is 6.54 Å². The summed E-state index contributed by atoms with van der Waals surface area (Å²) in [5.74, 6) is -0.296. The zero-order valence-electron chi connectivity index (χ0n) is 9.98. The summed E-state index contributed by atoms with van der Waals surface area (Å²) in [6, 6.07) is 0.905. The quantitative estimate of drug-likeness (QED) is 0.683. The van der Waals surface area contributed by atoms with Crippen molar-refractivity contribution in [2.24, 2.45) is 5.92 Å². The largest absolute Gasteiger partial charge is 0.507 e. The van der Waals surface area contributed by atoms with Gasteiger partial charge in [0.2, 0.25) is 0 Å². The number of hydrogen-bond acceptors (Lipinski definition) is 4. The molecule has 0 bridgehead atoms. The predicted molar refractivity (Wildman–Crippen MR) is 66.0 cm³/mol. The van der Waals surface area contributed by atoms with Crippen molar-refractivity contribution in [1.29, 1.82) is 0 Å². The van der Waals surface area contributed by atoms with Gasteiger partial charge in [0.1, 0.15) is 16.8 Å². The fraction of sp³-hybridized carbons (Fsp3) is 0.364. The lowest BCUT2D eigenvalue weighted by molar-refractivity contribution is 0.476. The van der Waals surface area contributed by atoms with Gasteiger partial charge in [0.25, 0.3) is 11.1 Å². The van der Waals surface area contributed by atoms with Crippen LogP contribution in [-0.2, 0) is 6.54 Å². The molecule has 3 N–H and O–H groups in total. The Kier molecular flexibility index (Phi) is 2.82. The van der Waals surface area contributed by atoms with E-state index in [0.717, 1.165) is 6.07 Å². The second-order valence-corrected chi connectivity index (χ2v) is 4.51. The predicted octanol–water partition coefficient (Wildman–Crippen LogP) is -0.260. The summed E-state index contributed by atoms with van der Waals surface area (Å²) in [4.78, 5) is 39.2. The first-order chi connectivity index (χ1) is 8.40. The molecule has 7 nitrogen and oxygen atoms in total. The minimum Gasteiger partial charge on any atom is -0.507 e. The molecule has 0 aliphatic carbocycles. The van der Waals surface area contributed by atoms with Crippen molar-refractivity contribution >= 4 is 11.0 Å². The van der Waals surface area contributed by atoms with Gasteiger partial charge >= 0.3 is 5.69 Å². The smallest absolute Gasteiger partial charge is 0.329 e. The number of H-pyrrole nitrogens is 2. The number of hydrogen-bond donors (Lipinski definition) is 3. The van der Waals surface area contributed by atoms with Crippen molar-refractivity contribution in [3.8, 4) is 5.75 Å². The Balaban J connectivity index is 2.98. The first kappa shape index (κ1) is 12.2. The number of rotatable bonds is 2. The molecule has 0 saturated carbocycles. The highest BCUT2D eigenvalue weighted by molar-refractivity contribution is 5.80. The molecule has 0 atom stereocenters. The van der Waals surface area contributed by atoms with Crippen molar-refractivity contribution in [2.75, 3.05) is 0 Å². The molecule has 0 aliphatic heterocycles. The van der Waals surface area contributed by atoms with Gasteiger partial charge in [-0.15, -0.1) is 0 Å². The summed E-state index contributed by atoms with van der Waals surface area (Å²) >= 11 is 0. The molecular weight excluding hydrogens is 238 g/mol. The number of pyridine rings is 1. The highest BCUT2D eigenvalue weighted by atomic mass is 16.3. The fourth-order valence-corrected chi connectivity index (χ4v) is 1.83. The summed E-state index contributed by atoms with van der Waals surface area (Å²) in [6.07, 6.45) is 0. The number of aromatic nitrogens is 3. The van der Waals surface area contributed by atoms with E-state index in [1.54, 1.807) is 0 Å². The van der Waals surface area contributed by atoms with Gasteiger partial charge in [-0.3, -0.25) is 19.1 Å². The number of aromatic amines is 2. The molecule has 0 spiro atoms. The highest BCUT2D eigenvalue weighted by Gasteiger charge is 2.13. The van der Waals surface area contributed by atoms with Gasteiger partial charge in [0, 0.05) is 12.6 Å². The summed E-state index contributed by atoms with van der Waals surface area (Å²) in [6.45, 7) is 4.11. The number of fused-ring (bicyclic) bond motifs is 1. The number of aromatic hydroxyl groups is 1. The van der Waals surface area contributed by atoms with Gasteiger partial charge in [-0.25, -0.2) is 4.79 Å². The molecule has 2 heterocycles. The molecule has 2 aromatic heterocycles. The molecule has 0 aromatic carbocycles. The third-order valence-electron chi connectivity index (χ3n) is 2.51. The van der Waals surface area contributed by atoms with E-state index in [1.165, 1.54) is 4.57 Å². The van der Waals surface area contributed by atoms with Gasteiger partial charge < -0.3 is 10.1 Å². The molecule has 2 aromatic rings. The molecular formula is C11H13N3O4. The first-order valence-electron chi connectivity index (χ1n) is 5.49. The van der Waals surface area contributed by atoms with Crippen LogP contribution in [0.25, 0.3) is 11.0 Å². The molecule has 0 saturated heterocycles. The molecule has 0 fully saturated rings. The van der Waals surface area contributed by atoms with Crippen LogP contribution in [0, 0.1) is 5.92 Å². The lowest BCUT2D eigenvalue weighted by atomic mass is 10.2. The lowest BCUT2D eigenvalue weighted by Crippen LogP contribution is -2.33. The topological polar surface area (TPSA) is 108 Å².